The van der Waals surface area contributed by atoms with Gasteiger partial charge in [-0.2, -0.15) is 5.10 Å². The van der Waals surface area contributed by atoms with Gasteiger partial charge >= 0.3 is 5.88 Å². The summed E-state index contributed by atoms with van der Waals surface area (Å²) in [6.45, 7) is 0. The molecule has 1 amide bonds. The van der Waals surface area contributed by atoms with Gasteiger partial charge in [-0.3, -0.25) is 19.9 Å². The van der Waals surface area contributed by atoms with E-state index in [9.17, 15) is 14.9 Å². The van der Waals surface area contributed by atoms with Crippen molar-refractivity contribution < 1.29 is 14.1 Å². The van der Waals surface area contributed by atoms with Gasteiger partial charge in [0.1, 0.15) is 4.92 Å². The van der Waals surface area contributed by atoms with Crippen LogP contribution in [-0.2, 0) is 0 Å². The molecular formula is C11H8N4O4. The Morgan fingerprint density at radius 3 is 2.95 bits per heavy atom. The Kier molecular flexibility index (Phi) is 3.62. The Morgan fingerprint density at radius 2 is 2.32 bits per heavy atom. The molecule has 8 nitrogen and oxygen atoms in total. The largest absolute Gasteiger partial charge is 0.433 e. The van der Waals surface area contributed by atoms with Gasteiger partial charge in [0.15, 0.2) is 5.76 Å². The molecule has 0 aliphatic rings. The van der Waals surface area contributed by atoms with Crippen LogP contribution in [0.25, 0.3) is 0 Å². The number of rotatable bonds is 4. The minimum Gasteiger partial charge on any atom is -0.400 e. The average molecular weight is 260 g/mol. The Balaban J connectivity index is 1.96. The van der Waals surface area contributed by atoms with Crippen LogP contribution in [0.4, 0.5) is 5.88 Å². The maximum Gasteiger partial charge on any atom is 0.433 e. The van der Waals surface area contributed by atoms with E-state index in [1.807, 2.05) is 0 Å². The van der Waals surface area contributed by atoms with Crippen molar-refractivity contribution >= 4 is 18.0 Å². The van der Waals surface area contributed by atoms with E-state index in [0.717, 1.165) is 0 Å². The quantitative estimate of drug-likeness (QED) is 0.506. The molecule has 2 aromatic rings. The number of carbonyl (C=O) groups is 1. The molecule has 0 radical (unpaired) electrons. The predicted molar refractivity (Wildman–Crippen MR) is 64.7 cm³/mol. The third-order valence-electron chi connectivity index (χ3n) is 2.07. The molecule has 0 atom stereocenters. The van der Waals surface area contributed by atoms with E-state index in [4.69, 9.17) is 4.42 Å². The van der Waals surface area contributed by atoms with Gasteiger partial charge in [-0.1, -0.05) is 0 Å². The second kappa shape index (κ2) is 5.54. The number of nitrogens with zero attached hydrogens (tertiary/aromatic N) is 3. The average Bonchev–Trinajstić information content (AvgIpc) is 2.89. The van der Waals surface area contributed by atoms with E-state index >= 15 is 0 Å². The van der Waals surface area contributed by atoms with Crippen molar-refractivity contribution in [2.45, 2.75) is 0 Å². The number of hydrazone groups is 1. The number of carbonyl (C=O) groups excluding carboxylic acids is 1. The first-order valence-corrected chi connectivity index (χ1v) is 5.14. The first kappa shape index (κ1) is 12.4. The van der Waals surface area contributed by atoms with Gasteiger partial charge in [0, 0.05) is 12.4 Å². The Morgan fingerprint density at radius 1 is 1.47 bits per heavy atom. The monoisotopic (exact) mass is 260 g/mol. The molecule has 8 heteroatoms. The zero-order valence-corrected chi connectivity index (χ0v) is 9.52. The van der Waals surface area contributed by atoms with Crippen molar-refractivity contribution in [3.8, 4) is 0 Å². The highest BCUT2D eigenvalue weighted by Crippen LogP contribution is 2.13. The Labute approximate surface area is 106 Å². The zero-order chi connectivity index (χ0) is 13.7. The number of aromatic nitrogens is 1. The summed E-state index contributed by atoms with van der Waals surface area (Å²) in [6.07, 6.45) is 4.10. The molecule has 0 aromatic carbocycles. The van der Waals surface area contributed by atoms with E-state index in [2.05, 4.69) is 15.5 Å². The molecule has 0 saturated carbocycles. The van der Waals surface area contributed by atoms with E-state index in [1.165, 1.54) is 24.5 Å². The molecule has 0 saturated heterocycles. The zero-order valence-electron chi connectivity index (χ0n) is 9.52. The maximum atomic E-state index is 11.5. The van der Waals surface area contributed by atoms with Crippen molar-refractivity contribution in [1.82, 2.24) is 10.4 Å². The number of nitro groups is 1. The van der Waals surface area contributed by atoms with E-state index in [1.54, 1.807) is 18.3 Å². The summed E-state index contributed by atoms with van der Waals surface area (Å²) in [5.74, 6) is -0.663. The van der Waals surface area contributed by atoms with Crippen LogP contribution < -0.4 is 5.43 Å². The fraction of sp³-hybridized carbons (Fsp3) is 0. The van der Waals surface area contributed by atoms with Crippen LogP contribution in [-0.4, -0.2) is 22.0 Å². The highest BCUT2D eigenvalue weighted by molar-refractivity contribution is 5.94. The topological polar surface area (TPSA) is 111 Å². The van der Waals surface area contributed by atoms with Gasteiger partial charge in [-0.25, -0.2) is 5.43 Å². The van der Waals surface area contributed by atoms with Crippen LogP contribution in [0.1, 0.15) is 16.1 Å². The molecule has 2 aromatic heterocycles. The van der Waals surface area contributed by atoms with Crippen LogP contribution in [0, 0.1) is 10.1 Å². The van der Waals surface area contributed by atoms with Crippen molar-refractivity contribution in [1.29, 1.82) is 0 Å². The van der Waals surface area contributed by atoms with E-state index < -0.39 is 10.8 Å². The molecule has 19 heavy (non-hydrogen) atoms. The molecule has 2 rings (SSSR count). The molecule has 0 unspecified atom stereocenters. The normalized spacial score (nSPS) is 10.5. The number of hydrogen-bond donors (Lipinski definition) is 1. The number of amides is 1. The molecule has 96 valence electrons. The lowest BCUT2D eigenvalue weighted by atomic mass is 10.3. The summed E-state index contributed by atoms with van der Waals surface area (Å²) >= 11 is 0. The van der Waals surface area contributed by atoms with Gasteiger partial charge in [-0.15, -0.1) is 0 Å². The Hall–Kier alpha value is -3.03. The summed E-state index contributed by atoms with van der Waals surface area (Å²) in [5.41, 5.74) is 2.60. The minimum atomic E-state index is -0.661. The van der Waals surface area contributed by atoms with Crippen LogP contribution >= 0.6 is 0 Å². The van der Waals surface area contributed by atoms with Crippen LogP contribution in [0.5, 0.6) is 0 Å². The number of nitrogens with one attached hydrogen (secondary N) is 1. The molecule has 2 heterocycles. The molecule has 0 aliphatic carbocycles. The SMILES string of the molecule is O=C(NN=Cc1ccc([N+](=O)[O-])o1)c1cccnc1. The van der Waals surface area contributed by atoms with Gasteiger partial charge in [-0.05, 0) is 18.2 Å². The highest BCUT2D eigenvalue weighted by Gasteiger charge is 2.10. The van der Waals surface area contributed by atoms with Crippen LogP contribution in [0.2, 0.25) is 0 Å². The fourth-order valence-corrected chi connectivity index (χ4v) is 1.23. The molecule has 0 spiro atoms. The lowest BCUT2D eigenvalue weighted by Crippen LogP contribution is -2.17. The van der Waals surface area contributed by atoms with Gasteiger partial charge in [0.05, 0.1) is 17.8 Å². The van der Waals surface area contributed by atoms with Crippen molar-refractivity contribution in [2.24, 2.45) is 5.10 Å². The summed E-state index contributed by atoms with van der Waals surface area (Å²) in [7, 11) is 0. The standard InChI is InChI=1S/C11H8N4O4/c16-11(8-2-1-5-12-6-8)14-13-7-9-3-4-10(19-9)15(17)18/h1-7H,(H,14,16). The third kappa shape index (κ3) is 3.22. The predicted octanol–water partition coefficient (Wildman–Crippen LogP) is 1.35. The lowest BCUT2D eigenvalue weighted by Gasteiger charge is -1.97. The highest BCUT2D eigenvalue weighted by atomic mass is 16.6. The smallest absolute Gasteiger partial charge is 0.400 e. The number of furan rings is 1. The Bertz CT molecular complexity index is 621. The maximum absolute atomic E-state index is 11.5. The summed E-state index contributed by atoms with van der Waals surface area (Å²) in [4.78, 5) is 25.0. The van der Waals surface area contributed by atoms with Crippen LogP contribution in [0.15, 0.2) is 46.2 Å². The minimum absolute atomic E-state index is 0.165. The fourth-order valence-electron chi connectivity index (χ4n) is 1.23. The van der Waals surface area contributed by atoms with E-state index in [0.29, 0.717) is 5.56 Å². The van der Waals surface area contributed by atoms with Crippen molar-refractivity contribution in [3.05, 3.63) is 58.1 Å². The molecule has 0 fully saturated rings. The van der Waals surface area contributed by atoms with Crippen LogP contribution in [0.3, 0.4) is 0 Å². The number of pyridine rings is 1. The summed E-state index contributed by atoms with van der Waals surface area (Å²) in [6, 6.07) is 5.77. The first-order chi connectivity index (χ1) is 9.16. The number of hydrogen-bond acceptors (Lipinski definition) is 6. The molecule has 1 N–H and O–H groups in total. The summed E-state index contributed by atoms with van der Waals surface area (Å²) < 4.78 is 4.82. The third-order valence-corrected chi connectivity index (χ3v) is 2.07. The van der Waals surface area contributed by atoms with Gasteiger partial charge in [0.2, 0.25) is 0 Å². The lowest BCUT2D eigenvalue weighted by molar-refractivity contribution is -0.402. The van der Waals surface area contributed by atoms with Crippen molar-refractivity contribution in [3.63, 3.8) is 0 Å². The second-order valence-electron chi connectivity index (χ2n) is 3.37. The first-order valence-electron chi connectivity index (χ1n) is 5.14. The second-order valence-corrected chi connectivity index (χ2v) is 3.37. The molecular weight excluding hydrogens is 252 g/mol. The van der Waals surface area contributed by atoms with Crippen molar-refractivity contribution in [2.75, 3.05) is 0 Å². The van der Waals surface area contributed by atoms with Gasteiger partial charge in [0.25, 0.3) is 5.91 Å². The van der Waals surface area contributed by atoms with Gasteiger partial charge < -0.3 is 4.42 Å². The molecule has 0 bridgehead atoms. The molecule has 0 aliphatic heterocycles. The van der Waals surface area contributed by atoms with E-state index in [-0.39, 0.29) is 11.6 Å². The summed E-state index contributed by atoms with van der Waals surface area (Å²) in [5, 5.41) is 14.0.